The van der Waals surface area contributed by atoms with E-state index in [1.165, 1.54) is 37.0 Å². The molecule has 3 rings (SSSR count). The standard InChI is InChI=1S/C18H27N3/c1-3-12-21-17-11-7-6-10-16(17)20-18(21)13-19-14(2)15-8-4-5-9-15/h6-7,10-11,14-15,19H,3-5,8-9,12-13H2,1-2H3. The van der Waals surface area contributed by atoms with E-state index < -0.39 is 0 Å². The molecule has 3 nitrogen and oxygen atoms in total. The number of para-hydroxylation sites is 2. The minimum Gasteiger partial charge on any atom is -0.327 e. The van der Waals surface area contributed by atoms with Crippen LogP contribution in [0.4, 0.5) is 0 Å². The van der Waals surface area contributed by atoms with Crippen molar-refractivity contribution in [1.82, 2.24) is 14.9 Å². The molecule has 1 aromatic carbocycles. The predicted molar refractivity (Wildman–Crippen MR) is 88.3 cm³/mol. The predicted octanol–water partition coefficient (Wildman–Crippen LogP) is 4.11. The second kappa shape index (κ2) is 6.61. The van der Waals surface area contributed by atoms with Crippen LogP contribution in [0, 0.1) is 5.92 Å². The van der Waals surface area contributed by atoms with Crippen molar-refractivity contribution in [1.29, 1.82) is 0 Å². The summed E-state index contributed by atoms with van der Waals surface area (Å²) in [5.41, 5.74) is 2.39. The van der Waals surface area contributed by atoms with E-state index >= 15 is 0 Å². The molecule has 21 heavy (non-hydrogen) atoms. The van der Waals surface area contributed by atoms with Gasteiger partial charge in [-0.05, 0) is 44.2 Å². The smallest absolute Gasteiger partial charge is 0.123 e. The fourth-order valence-electron chi connectivity index (χ4n) is 3.61. The summed E-state index contributed by atoms with van der Waals surface area (Å²) in [7, 11) is 0. The van der Waals surface area contributed by atoms with E-state index in [2.05, 4.69) is 48.0 Å². The van der Waals surface area contributed by atoms with Crippen molar-refractivity contribution in [3.8, 4) is 0 Å². The molecule has 1 heterocycles. The van der Waals surface area contributed by atoms with Gasteiger partial charge in [-0.3, -0.25) is 0 Å². The Hall–Kier alpha value is -1.35. The van der Waals surface area contributed by atoms with Crippen LogP contribution in [-0.2, 0) is 13.1 Å². The minimum absolute atomic E-state index is 0.599. The normalized spacial score (nSPS) is 17.6. The molecule has 1 fully saturated rings. The third-order valence-electron chi connectivity index (χ3n) is 4.87. The maximum absolute atomic E-state index is 4.83. The first kappa shape index (κ1) is 14.6. The fraction of sp³-hybridized carbons (Fsp3) is 0.611. The number of hydrogen-bond donors (Lipinski definition) is 1. The van der Waals surface area contributed by atoms with Crippen LogP contribution in [0.2, 0.25) is 0 Å². The van der Waals surface area contributed by atoms with Gasteiger partial charge in [0.2, 0.25) is 0 Å². The fourth-order valence-corrected chi connectivity index (χ4v) is 3.61. The lowest BCUT2D eigenvalue weighted by atomic mass is 10.00. The van der Waals surface area contributed by atoms with Gasteiger partial charge in [-0.2, -0.15) is 0 Å². The summed E-state index contributed by atoms with van der Waals surface area (Å²) < 4.78 is 2.38. The van der Waals surface area contributed by atoms with Gasteiger partial charge in [-0.15, -0.1) is 0 Å². The van der Waals surface area contributed by atoms with Crippen LogP contribution in [0.25, 0.3) is 11.0 Å². The number of imidazole rings is 1. The molecule has 1 aliphatic rings. The number of hydrogen-bond acceptors (Lipinski definition) is 2. The van der Waals surface area contributed by atoms with Crippen molar-refractivity contribution in [2.24, 2.45) is 5.92 Å². The Balaban J connectivity index is 1.74. The number of rotatable bonds is 6. The van der Waals surface area contributed by atoms with Gasteiger partial charge in [0.1, 0.15) is 5.82 Å². The van der Waals surface area contributed by atoms with E-state index in [4.69, 9.17) is 4.98 Å². The molecule has 0 spiro atoms. The molecular formula is C18H27N3. The Kier molecular flexibility index (Phi) is 4.59. The van der Waals surface area contributed by atoms with Gasteiger partial charge in [-0.25, -0.2) is 4.98 Å². The van der Waals surface area contributed by atoms with Gasteiger partial charge in [0, 0.05) is 12.6 Å². The quantitative estimate of drug-likeness (QED) is 0.865. The summed E-state index contributed by atoms with van der Waals surface area (Å²) in [5, 5.41) is 3.72. The van der Waals surface area contributed by atoms with Crippen molar-refractivity contribution >= 4 is 11.0 Å². The second-order valence-corrected chi connectivity index (χ2v) is 6.38. The number of fused-ring (bicyclic) bond motifs is 1. The highest BCUT2D eigenvalue weighted by atomic mass is 15.1. The third kappa shape index (κ3) is 3.13. The first-order valence-corrected chi connectivity index (χ1v) is 8.47. The Labute approximate surface area is 127 Å². The van der Waals surface area contributed by atoms with Gasteiger partial charge in [0.15, 0.2) is 0 Å². The van der Waals surface area contributed by atoms with E-state index in [0.29, 0.717) is 6.04 Å². The van der Waals surface area contributed by atoms with Crippen molar-refractivity contribution in [3.05, 3.63) is 30.1 Å². The molecule has 1 aromatic heterocycles. The number of nitrogens with zero attached hydrogens (tertiary/aromatic N) is 2. The maximum Gasteiger partial charge on any atom is 0.123 e. The third-order valence-corrected chi connectivity index (χ3v) is 4.87. The molecule has 0 amide bonds. The topological polar surface area (TPSA) is 29.9 Å². The Morgan fingerprint density at radius 1 is 1.29 bits per heavy atom. The summed E-state index contributed by atoms with van der Waals surface area (Å²) in [6.07, 6.45) is 6.74. The Morgan fingerprint density at radius 3 is 2.81 bits per heavy atom. The number of aromatic nitrogens is 2. The lowest BCUT2D eigenvalue weighted by Gasteiger charge is -2.20. The van der Waals surface area contributed by atoms with Crippen LogP contribution in [-0.4, -0.2) is 15.6 Å². The highest BCUT2D eigenvalue weighted by molar-refractivity contribution is 5.75. The molecule has 0 bridgehead atoms. The molecule has 114 valence electrons. The summed E-state index contributed by atoms with van der Waals surface area (Å²) >= 11 is 0. The van der Waals surface area contributed by atoms with Crippen molar-refractivity contribution in [2.75, 3.05) is 0 Å². The first-order valence-electron chi connectivity index (χ1n) is 8.47. The van der Waals surface area contributed by atoms with Crippen LogP contribution in [0.3, 0.4) is 0 Å². The SMILES string of the molecule is CCCn1c(CNC(C)C2CCCC2)nc2ccccc21. The molecule has 2 aromatic rings. The average Bonchev–Trinajstić information content (AvgIpc) is 3.14. The number of aryl methyl sites for hydroxylation is 1. The van der Waals surface area contributed by atoms with Gasteiger partial charge in [0.25, 0.3) is 0 Å². The van der Waals surface area contributed by atoms with E-state index in [1.54, 1.807) is 0 Å². The molecule has 0 saturated heterocycles. The minimum atomic E-state index is 0.599. The zero-order chi connectivity index (χ0) is 14.7. The van der Waals surface area contributed by atoms with Crippen molar-refractivity contribution in [2.45, 2.75) is 65.1 Å². The van der Waals surface area contributed by atoms with Crippen LogP contribution in [0.15, 0.2) is 24.3 Å². The zero-order valence-electron chi connectivity index (χ0n) is 13.3. The molecule has 1 unspecified atom stereocenters. The van der Waals surface area contributed by atoms with E-state index in [1.807, 2.05) is 0 Å². The van der Waals surface area contributed by atoms with Crippen LogP contribution < -0.4 is 5.32 Å². The lowest BCUT2D eigenvalue weighted by molar-refractivity contribution is 0.374. The van der Waals surface area contributed by atoms with E-state index in [0.717, 1.165) is 30.9 Å². The molecule has 1 N–H and O–H groups in total. The van der Waals surface area contributed by atoms with Gasteiger partial charge < -0.3 is 9.88 Å². The summed E-state index contributed by atoms with van der Waals surface area (Å²) in [6, 6.07) is 9.08. The highest BCUT2D eigenvalue weighted by Crippen LogP contribution is 2.27. The average molecular weight is 285 g/mol. The summed E-state index contributed by atoms with van der Waals surface area (Å²) in [5.74, 6) is 2.04. The summed E-state index contributed by atoms with van der Waals surface area (Å²) in [4.78, 5) is 4.83. The van der Waals surface area contributed by atoms with E-state index in [-0.39, 0.29) is 0 Å². The zero-order valence-corrected chi connectivity index (χ0v) is 13.3. The molecule has 1 aliphatic carbocycles. The second-order valence-electron chi connectivity index (χ2n) is 6.38. The van der Waals surface area contributed by atoms with Gasteiger partial charge in [-0.1, -0.05) is 31.9 Å². The Bertz CT molecular complexity index is 581. The Morgan fingerprint density at radius 2 is 2.05 bits per heavy atom. The molecule has 1 atom stereocenters. The van der Waals surface area contributed by atoms with E-state index in [9.17, 15) is 0 Å². The molecule has 0 radical (unpaired) electrons. The number of benzene rings is 1. The molecule has 0 aliphatic heterocycles. The highest BCUT2D eigenvalue weighted by Gasteiger charge is 2.21. The van der Waals surface area contributed by atoms with Crippen molar-refractivity contribution < 1.29 is 0 Å². The van der Waals surface area contributed by atoms with Gasteiger partial charge in [0.05, 0.1) is 17.6 Å². The van der Waals surface area contributed by atoms with Crippen LogP contribution in [0.1, 0.15) is 51.8 Å². The first-order chi connectivity index (χ1) is 10.3. The molecular weight excluding hydrogens is 258 g/mol. The van der Waals surface area contributed by atoms with Crippen molar-refractivity contribution in [3.63, 3.8) is 0 Å². The summed E-state index contributed by atoms with van der Waals surface area (Å²) in [6.45, 7) is 6.50. The molecule has 3 heteroatoms. The lowest BCUT2D eigenvalue weighted by Crippen LogP contribution is -2.32. The number of nitrogens with one attached hydrogen (secondary N) is 1. The monoisotopic (exact) mass is 285 g/mol. The molecule has 1 saturated carbocycles. The largest absolute Gasteiger partial charge is 0.327 e. The maximum atomic E-state index is 4.83. The van der Waals surface area contributed by atoms with Crippen LogP contribution in [0.5, 0.6) is 0 Å². The van der Waals surface area contributed by atoms with Gasteiger partial charge >= 0.3 is 0 Å². The van der Waals surface area contributed by atoms with Crippen LogP contribution >= 0.6 is 0 Å².